The van der Waals surface area contributed by atoms with E-state index in [0.29, 0.717) is 12.2 Å². The summed E-state index contributed by atoms with van der Waals surface area (Å²) >= 11 is 0. The normalized spacial score (nSPS) is 16.8. The molecule has 0 bridgehead atoms. The van der Waals surface area contributed by atoms with Gasteiger partial charge in [-0.2, -0.15) is 0 Å². The van der Waals surface area contributed by atoms with Gasteiger partial charge in [-0.3, -0.25) is 4.79 Å². The second-order valence-corrected chi connectivity index (χ2v) is 7.27. The molecule has 1 aromatic carbocycles. The third-order valence-electron chi connectivity index (χ3n) is 4.10. The van der Waals surface area contributed by atoms with Crippen molar-refractivity contribution in [3.05, 3.63) is 24.3 Å². The SMILES string of the molecule is CNS(=O)(=O)c1cccc(NC(=O)C2(CN)CCCC2)c1.Cl. The lowest BCUT2D eigenvalue weighted by atomic mass is 9.85. The molecule has 0 radical (unpaired) electrons. The molecule has 1 saturated carbocycles. The first-order chi connectivity index (χ1) is 9.93. The van der Waals surface area contributed by atoms with Crippen molar-refractivity contribution in [2.75, 3.05) is 18.9 Å². The molecular formula is C14H22ClN3O3S. The largest absolute Gasteiger partial charge is 0.329 e. The van der Waals surface area contributed by atoms with Crippen molar-refractivity contribution in [2.45, 2.75) is 30.6 Å². The van der Waals surface area contributed by atoms with E-state index in [-0.39, 0.29) is 23.2 Å². The minimum Gasteiger partial charge on any atom is -0.329 e. The highest BCUT2D eigenvalue weighted by molar-refractivity contribution is 7.89. The summed E-state index contributed by atoms with van der Waals surface area (Å²) in [6, 6.07) is 6.20. The monoisotopic (exact) mass is 347 g/mol. The van der Waals surface area contributed by atoms with Gasteiger partial charge in [0.1, 0.15) is 0 Å². The van der Waals surface area contributed by atoms with E-state index < -0.39 is 15.4 Å². The van der Waals surface area contributed by atoms with Gasteiger partial charge in [0.2, 0.25) is 15.9 Å². The summed E-state index contributed by atoms with van der Waals surface area (Å²) in [6.45, 7) is 0.313. The van der Waals surface area contributed by atoms with Crippen molar-refractivity contribution >= 4 is 34.0 Å². The molecule has 0 atom stereocenters. The fraction of sp³-hybridized carbons (Fsp3) is 0.500. The van der Waals surface area contributed by atoms with Crippen molar-refractivity contribution in [1.29, 1.82) is 0 Å². The fourth-order valence-corrected chi connectivity index (χ4v) is 3.47. The molecule has 6 nitrogen and oxygen atoms in total. The Morgan fingerprint density at radius 3 is 2.50 bits per heavy atom. The Hall–Kier alpha value is -1.15. The molecule has 1 aliphatic carbocycles. The van der Waals surface area contributed by atoms with Gasteiger partial charge in [0.05, 0.1) is 10.3 Å². The van der Waals surface area contributed by atoms with E-state index in [2.05, 4.69) is 10.0 Å². The maximum absolute atomic E-state index is 12.4. The van der Waals surface area contributed by atoms with Crippen molar-refractivity contribution < 1.29 is 13.2 Å². The smallest absolute Gasteiger partial charge is 0.240 e. The first kappa shape index (κ1) is 18.9. The number of nitrogens with two attached hydrogens (primary N) is 1. The molecule has 0 aliphatic heterocycles. The molecule has 124 valence electrons. The number of nitrogens with one attached hydrogen (secondary N) is 2. The van der Waals surface area contributed by atoms with E-state index in [0.717, 1.165) is 25.7 Å². The Balaban J connectivity index is 0.00000242. The lowest BCUT2D eigenvalue weighted by Crippen LogP contribution is -2.40. The average molecular weight is 348 g/mol. The second-order valence-electron chi connectivity index (χ2n) is 5.38. The van der Waals surface area contributed by atoms with Gasteiger partial charge >= 0.3 is 0 Å². The van der Waals surface area contributed by atoms with Gasteiger partial charge in [-0.25, -0.2) is 13.1 Å². The molecule has 0 saturated heterocycles. The van der Waals surface area contributed by atoms with Crippen LogP contribution in [0.2, 0.25) is 0 Å². The molecule has 1 amide bonds. The van der Waals surface area contributed by atoms with E-state index in [1.165, 1.54) is 19.2 Å². The summed E-state index contributed by atoms with van der Waals surface area (Å²) in [6.07, 6.45) is 3.56. The Labute approximate surface area is 137 Å². The molecule has 22 heavy (non-hydrogen) atoms. The zero-order valence-corrected chi connectivity index (χ0v) is 14.1. The highest BCUT2D eigenvalue weighted by atomic mass is 35.5. The quantitative estimate of drug-likeness (QED) is 0.750. The zero-order chi connectivity index (χ0) is 15.5. The maximum atomic E-state index is 12.4. The molecule has 2 rings (SSSR count). The molecule has 1 aromatic rings. The van der Waals surface area contributed by atoms with Crippen molar-refractivity contribution in [1.82, 2.24) is 4.72 Å². The predicted molar refractivity (Wildman–Crippen MR) is 88.5 cm³/mol. The highest BCUT2D eigenvalue weighted by Gasteiger charge is 2.39. The molecule has 1 fully saturated rings. The van der Waals surface area contributed by atoms with E-state index in [4.69, 9.17) is 5.73 Å². The van der Waals surface area contributed by atoms with Crippen LogP contribution in [0, 0.1) is 5.41 Å². The minimum absolute atomic E-state index is 0. The van der Waals surface area contributed by atoms with E-state index in [9.17, 15) is 13.2 Å². The Morgan fingerprint density at radius 1 is 1.32 bits per heavy atom. The maximum Gasteiger partial charge on any atom is 0.240 e. The second kappa shape index (κ2) is 7.41. The Bertz CT molecular complexity index is 628. The lowest BCUT2D eigenvalue weighted by molar-refractivity contribution is -0.124. The predicted octanol–water partition coefficient (Wildman–Crippen LogP) is 1.47. The molecule has 8 heteroatoms. The van der Waals surface area contributed by atoms with Crippen LogP contribution in [0.5, 0.6) is 0 Å². The standard InChI is InChI=1S/C14H21N3O3S.ClH/c1-16-21(19,20)12-6-4-5-11(9-12)17-13(18)14(10-15)7-2-3-8-14;/h4-6,9,16H,2-3,7-8,10,15H2,1H3,(H,17,18);1H. The molecule has 0 heterocycles. The number of hydrogen-bond donors (Lipinski definition) is 3. The van der Waals surface area contributed by atoms with Gasteiger partial charge in [0, 0.05) is 12.2 Å². The van der Waals surface area contributed by atoms with E-state index in [1.807, 2.05) is 0 Å². The van der Waals surface area contributed by atoms with Crippen LogP contribution in [0.1, 0.15) is 25.7 Å². The van der Waals surface area contributed by atoms with Crippen LogP contribution in [0.25, 0.3) is 0 Å². The number of amides is 1. The summed E-state index contributed by atoms with van der Waals surface area (Å²) in [7, 11) is -2.17. The van der Waals surface area contributed by atoms with Crippen LogP contribution in [0.4, 0.5) is 5.69 Å². The van der Waals surface area contributed by atoms with Crippen molar-refractivity contribution in [3.8, 4) is 0 Å². The number of sulfonamides is 1. The topological polar surface area (TPSA) is 101 Å². The summed E-state index contributed by atoms with van der Waals surface area (Å²) in [5.74, 6) is -0.124. The molecule has 4 N–H and O–H groups in total. The zero-order valence-electron chi connectivity index (χ0n) is 12.5. The van der Waals surface area contributed by atoms with E-state index in [1.54, 1.807) is 12.1 Å². The van der Waals surface area contributed by atoms with Crippen molar-refractivity contribution in [3.63, 3.8) is 0 Å². The molecule has 1 aliphatic rings. The van der Waals surface area contributed by atoms with Gasteiger partial charge in [0.15, 0.2) is 0 Å². The Kier molecular flexibility index (Phi) is 6.37. The van der Waals surface area contributed by atoms with Gasteiger partial charge in [-0.15, -0.1) is 12.4 Å². The molecule has 0 aromatic heterocycles. The van der Waals surface area contributed by atoms with Gasteiger partial charge < -0.3 is 11.1 Å². The number of hydrogen-bond acceptors (Lipinski definition) is 4. The van der Waals surface area contributed by atoms with Gasteiger partial charge in [-0.05, 0) is 38.1 Å². The van der Waals surface area contributed by atoms with Crippen molar-refractivity contribution in [2.24, 2.45) is 11.1 Å². The summed E-state index contributed by atoms with van der Waals surface area (Å²) in [5, 5.41) is 2.80. The van der Waals surface area contributed by atoms with Crippen LogP contribution >= 0.6 is 12.4 Å². The fourth-order valence-electron chi connectivity index (χ4n) is 2.70. The number of benzene rings is 1. The highest BCUT2D eigenvalue weighted by Crippen LogP contribution is 2.38. The molecule has 0 spiro atoms. The van der Waals surface area contributed by atoms with Crippen LogP contribution in [0.3, 0.4) is 0 Å². The number of anilines is 1. The minimum atomic E-state index is -3.52. The number of halogens is 1. The van der Waals surface area contributed by atoms with Crippen LogP contribution < -0.4 is 15.8 Å². The summed E-state index contributed by atoms with van der Waals surface area (Å²) in [5.41, 5.74) is 5.73. The first-order valence-corrected chi connectivity index (χ1v) is 8.47. The number of carbonyl (C=O) groups excluding carboxylic acids is 1. The molecule has 0 unspecified atom stereocenters. The molecular weight excluding hydrogens is 326 g/mol. The summed E-state index contributed by atoms with van der Waals surface area (Å²) < 4.78 is 25.8. The van der Waals surface area contributed by atoms with Crippen LogP contribution in [0.15, 0.2) is 29.2 Å². The average Bonchev–Trinajstić information content (AvgIpc) is 2.97. The van der Waals surface area contributed by atoms with E-state index >= 15 is 0 Å². The third-order valence-corrected chi connectivity index (χ3v) is 5.52. The summed E-state index contributed by atoms with van der Waals surface area (Å²) in [4.78, 5) is 12.6. The van der Waals surface area contributed by atoms with Gasteiger partial charge in [0.25, 0.3) is 0 Å². The van der Waals surface area contributed by atoms with Gasteiger partial charge in [-0.1, -0.05) is 18.9 Å². The number of rotatable bonds is 5. The third kappa shape index (κ3) is 3.78. The number of carbonyl (C=O) groups is 1. The first-order valence-electron chi connectivity index (χ1n) is 6.99. The van der Waals surface area contributed by atoms with Crippen LogP contribution in [-0.2, 0) is 14.8 Å². The Morgan fingerprint density at radius 2 is 1.95 bits per heavy atom. The lowest BCUT2D eigenvalue weighted by Gasteiger charge is -2.25. The van der Waals surface area contributed by atoms with Crippen LogP contribution in [-0.4, -0.2) is 27.9 Å².